The molecule has 6 nitrogen and oxygen atoms in total. The van der Waals surface area contributed by atoms with Crippen LogP contribution in [-0.2, 0) is 14.3 Å². The van der Waals surface area contributed by atoms with Gasteiger partial charge in [-0.25, -0.2) is 4.79 Å². The van der Waals surface area contributed by atoms with Gasteiger partial charge in [0.2, 0.25) is 0 Å². The van der Waals surface area contributed by atoms with Gasteiger partial charge in [-0.3, -0.25) is 9.78 Å². The third-order valence-corrected chi connectivity index (χ3v) is 5.26. The summed E-state index contributed by atoms with van der Waals surface area (Å²) in [6, 6.07) is 8.61. The quantitative estimate of drug-likeness (QED) is 0.632. The number of aromatic nitrogens is 1. The maximum absolute atomic E-state index is 13.2. The topological polar surface area (TPSA) is 71.5 Å². The first-order valence-corrected chi connectivity index (χ1v) is 9.63. The van der Waals surface area contributed by atoms with Crippen LogP contribution in [0.1, 0.15) is 25.3 Å². The second kappa shape index (κ2) is 7.64. The van der Waals surface area contributed by atoms with Crippen molar-refractivity contribution in [2.24, 2.45) is 0 Å². The number of nitrogens with one attached hydrogen (secondary N) is 1. The Hall–Kier alpha value is -2.86. The lowest BCUT2D eigenvalue weighted by molar-refractivity contribution is -0.144. The Bertz CT molecular complexity index is 959. The SMILES string of the molecule is CCOC(=O)C1CC(=C2CCN(c3cccnc3)C2=O)c2ccc(Cl)cc2N1. The van der Waals surface area contributed by atoms with Crippen molar-refractivity contribution in [2.75, 3.05) is 23.4 Å². The van der Waals surface area contributed by atoms with E-state index in [1.54, 1.807) is 36.4 Å². The van der Waals surface area contributed by atoms with Crippen LogP contribution in [-0.4, -0.2) is 36.1 Å². The molecule has 4 rings (SSSR count). The predicted molar refractivity (Wildman–Crippen MR) is 108 cm³/mol. The van der Waals surface area contributed by atoms with E-state index in [1.165, 1.54) is 0 Å². The van der Waals surface area contributed by atoms with E-state index in [1.807, 2.05) is 18.2 Å². The normalized spacial score (nSPS) is 21.3. The molecule has 2 aliphatic rings. The van der Waals surface area contributed by atoms with E-state index >= 15 is 0 Å². The van der Waals surface area contributed by atoms with Crippen LogP contribution < -0.4 is 10.2 Å². The van der Waals surface area contributed by atoms with Crippen molar-refractivity contribution >= 4 is 40.4 Å². The first-order chi connectivity index (χ1) is 13.6. The number of carbonyl (C=O) groups is 2. The molecule has 2 aliphatic heterocycles. The average Bonchev–Trinajstić information content (AvgIpc) is 3.09. The van der Waals surface area contributed by atoms with E-state index in [-0.39, 0.29) is 11.9 Å². The minimum absolute atomic E-state index is 0.0478. The van der Waals surface area contributed by atoms with Gasteiger partial charge >= 0.3 is 5.97 Å². The van der Waals surface area contributed by atoms with Crippen LogP contribution in [0.25, 0.3) is 5.57 Å². The molecular weight excluding hydrogens is 378 g/mol. The summed E-state index contributed by atoms with van der Waals surface area (Å²) in [5, 5.41) is 3.77. The Morgan fingerprint density at radius 3 is 2.96 bits per heavy atom. The molecule has 0 spiro atoms. The van der Waals surface area contributed by atoms with E-state index in [2.05, 4.69) is 10.3 Å². The zero-order chi connectivity index (χ0) is 19.7. The van der Waals surface area contributed by atoms with Gasteiger partial charge in [-0.05, 0) is 43.2 Å². The second-order valence-electron chi connectivity index (χ2n) is 6.72. The summed E-state index contributed by atoms with van der Waals surface area (Å²) in [6.45, 7) is 2.67. The molecule has 3 heterocycles. The Balaban J connectivity index is 1.75. The molecule has 0 saturated carbocycles. The molecule has 1 atom stereocenters. The van der Waals surface area contributed by atoms with Crippen LogP contribution in [0.15, 0.2) is 48.3 Å². The highest BCUT2D eigenvalue weighted by molar-refractivity contribution is 6.31. The maximum Gasteiger partial charge on any atom is 0.328 e. The first kappa shape index (κ1) is 18.5. The summed E-state index contributed by atoms with van der Waals surface area (Å²) in [5.74, 6) is -0.380. The van der Waals surface area contributed by atoms with Crippen molar-refractivity contribution < 1.29 is 14.3 Å². The number of carbonyl (C=O) groups excluding carboxylic acids is 2. The van der Waals surface area contributed by atoms with Crippen molar-refractivity contribution in [1.82, 2.24) is 4.98 Å². The van der Waals surface area contributed by atoms with E-state index in [9.17, 15) is 9.59 Å². The molecule has 0 bridgehead atoms. The molecule has 1 fully saturated rings. The number of benzene rings is 1. The van der Waals surface area contributed by atoms with Gasteiger partial charge in [0.05, 0.1) is 18.5 Å². The molecule has 7 heteroatoms. The molecule has 0 aliphatic carbocycles. The number of pyridine rings is 1. The number of anilines is 2. The fourth-order valence-corrected chi connectivity index (χ4v) is 3.93. The Labute approximate surface area is 168 Å². The summed E-state index contributed by atoms with van der Waals surface area (Å²) in [4.78, 5) is 31.4. The molecule has 1 unspecified atom stereocenters. The van der Waals surface area contributed by atoms with E-state index in [4.69, 9.17) is 16.3 Å². The molecule has 1 aromatic carbocycles. The summed E-state index contributed by atoms with van der Waals surface area (Å²) >= 11 is 6.15. The van der Waals surface area contributed by atoms with Crippen molar-refractivity contribution in [1.29, 1.82) is 0 Å². The zero-order valence-electron chi connectivity index (χ0n) is 15.4. The third-order valence-electron chi connectivity index (χ3n) is 5.03. The minimum atomic E-state index is -0.548. The largest absolute Gasteiger partial charge is 0.464 e. The summed E-state index contributed by atoms with van der Waals surface area (Å²) in [7, 11) is 0. The lowest BCUT2D eigenvalue weighted by Crippen LogP contribution is -2.35. The number of nitrogens with zero attached hydrogens (tertiary/aromatic N) is 2. The Morgan fingerprint density at radius 2 is 2.21 bits per heavy atom. The monoisotopic (exact) mass is 397 g/mol. The number of hydrogen-bond donors (Lipinski definition) is 1. The molecule has 1 N–H and O–H groups in total. The maximum atomic E-state index is 13.2. The lowest BCUT2D eigenvalue weighted by atomic mass is 9.88. The van der Waals surface area contributed by atoms with Gasteiger partial charge in [-0.2, -0.15) is 0 Å². The molecule has 144 valence electrons. The number of rotatable bonds is 3. The van der Waals surface area contributed by atoms with Gasteiger partial charge in [0.15, 0.2) is 0 Å². The first-order valence-electron chi connectivity index (χ1n) is 9.25. The third kappa shape index (κ3) is 3.36. The molecule has 28 heavy (non-hydrogen) atoms. The van der Waals surface area contributed by atoms with Gasteiger partial charge in [0.1, 0.15) is 6.04 Å². The molecular formula is C21H20ClN3O3. The molecule has 1 amide bonds. The van der Waals surface area contributed by atoms with Crippen LogP contribution in [0.3, 0.4) is 0 Å². The Kier molecular flexibility index (Phi) is 5.05. The summed E-state index contributed by atoms with van der Waals surface area (Å²) in [6.07, 6.45) is 4.37. The van der Waals surface area contributed by atoms with E-state index < -0.39 is 6.04 Å². The highest BCUT2D eigenvalue weighted by Crippen LogP contribution is 2.40. The van der Waals surface area contributed by atoms with Gasteiger partial charge in [0.25, 0.3) is 5.91 Å². The van der Waals surface area contributed by atoms with Gasteiger partial charge in [-0.15, -0.1) is 0 Å². The number of fused-ring (bicyclic) bond motifs is 1. The van der Waals surface area contributed by atoms with Crippen LogP contribution in [0.2, 0.25) is 5.02 Å². The fraction of sp³-hybridized carbons (Fsp3) is 0.286. The lowest BCUT2D eigenvalue weighted by Gasteiger charge is -2.29. The molecule has 2 aromatic rings. The van der Waals surface area contributed by atoms with Crippen LogP contribution in [0.5, 0.6) is 0 Å². The fourth-order valence-electron chi connectivity index (χ4n) is 3.76. The second-order valence-corrected chi connectivity index (χ2v) is 7.15. The molecule has 1 saturated heterocycles. The number of amides is 1. The van der Waals surface area contributed by atoms with E-state index in [0.717, 1.165) is 28.1 Å². The van der Waals surface area contributed by atoms with Crippen molar-refractivity contribution in [3.63, 3.8) is 0 Å². The smallest absolute Gasteiger partial charge is 0.328 e. The predicted octanol–water partition coefficient (Wildman–Crippen LogP) is 3.67. The minimum Gasteiger partial charge on any atom is -0.464 e. The number of esters is 1. The highest BCUT2D eigenvalue weighted by atomic mass is 35.5. The van der Waals surface area contributed by atoms with Crippen LogP contribution in [0.4, 0.5) is 11.4 Å². The summed E-state index contributed by atoms with van der Waals surface area (Å²) < 4.78 is 5.19. The Morgan fingerprint density at radius 1 is 1.36 bits per heavy atom. The summed E-state index contributed by atoms with van der Waals surface area (Å²) in [5.41, 5.74) is 4.02. The van der Waals surface area contributed by atoms with Gasteiger partial charge in [-0.1, -0.05) is 17.7 Å². The number of hydrogen-bond acceptors (Lipinski definition) is 5. The van der Waals surface area contributed by atoms with Crippen molar-refractivity contribution in [3.05, 3.63) is 58.9 Å². The standard InChI is InChI=1S/C21H20ClN3O3/c1-2-28-21(27)19-11-17(15-6-5-13(22)10-18(15)24-19)16-7-9-25(20(16)26)14-4-3-8-23-12-14/h3-6,8,10,12,19,24H,2,7,9,11H2,1H3. The average molecular weight is 398 g/mol. The van der Waals surface area contributed by atoms with E-state index in [0.29, 0.717) is 31.0 Å². The number of ether oxygens (including phenoxy) is 1. The molecule has 1 aromatic heterocycles. The van der Waals surface area contributed by atoms with Crippen molar-refractivity contribution in [3.8, 4) is 0 Å². The van der Waals surface area contributed by atoms with Gasteiger partial charge < -0.3 is 15.0 Å². The zero-order valence-corrected chi connectivity index (χ0v) is 16.2. The van der Waals surface area contributed by atoms with Gasteiger partial charge in [0, 0.05) is 41.0 Å². The number of halogens is 1. The van der Waals surface area contributed by atoms with Crippen LogP contribution in [0, 0.1) is 0 Å². The highest BCUT2D eigenvalue weighted by Gasteiger charge is 2.35. The van der Waals surface area contributed by atoms with Crippen molar-refractivity contribution in [2.45, 2.75) is 25.8 Å². The molecule has 0 radical (unpaired) electrons. The van der Waals surface area contributed by atoms with Crippen LogP contribution >= 0.6 is 11.6 Å².